The SMILES string of the molecule is CC(C)[Si](C1CCCCC1)C1CCCCC1. The first-order valence-corrected chi connectivity index (χ1v) is 9.39. The summed E-state index contributed by atoms with van der Waals surface area (Å²) in [5.74, 6) is 0. The number of hydrogen-bond acceptors (Lipinski definition) is 0. The molecule has 0 amide bonds. The Kier molecular flexibility index (Phi) is 4.93. The van der Waals surface area contributed by atoms with Crippen molar-refractivity contribution in [2.45, 2.75) is 94.7 Å². The van der Waals surface area contributed by atoms with Gasteiger partial charge in [-0.25, -0.2) is 0 Å². The normalized spacial score (nSPS) is 25.5. The largest absolute Gasteiger partial charge is 0.0653 e. The molecular weight excluding hydrogens is 208 g/mol. The summed E-state index contributed by atoms with van der Waals surface area (Å²) in [6.45, 7) is 5.05. The predicted molar refractivity (Wildman–Crippen MR) is 74.5 cm³/mol. The smallest absolute Gasteiger partial charge is 0.0573 e. The van der Waals surface area contributed by atoms with E-state index in [1.165, 1.54) is 49.6 Å². The molecule has 1 radical (unpaired) electrons. The van der Waals surface area contributed by atoms with Crippen LogP contribution in [0.3, 0.4) is 0 Å². The quantitative estimate of drug-likeness (QED) is 0.564. The fourth-order valence-corrected chi connectivity index (χ4v) is 8.85. The van der Waals surface area contributed by atoms with Crippen LogP contribution in [0, 0.1) is 0 Å². The third kappa shape index (κ3) is 3.12. The van der Waals surface area contributed by atoms with Crippen LogP contribution in [0.1, 0.15) is 78.1 Å². The van der Waals surface area contributed by atoms with E-state index in [9.17, 15) is 0 Å². The van der Waals surface area contributed by atoms with Crippen molar-refractivity contribution < 1.29 is 0 Å². The highest BCUT2D eigenvalue weighted by molar-refractivity contribution is 6.63. The van der Waals surface area contributed by atoms with Crippen molar-refractivity contribution in [3.8, 4) is 0 Å². The van der Waals surface area contributed by atoms with Crippen molar-refractivity contribution in [2.24, 2.45) is 0 Å². The third-order valence-corrected chi connectivity index (χ3v) is 9.19. The topological polar surface area (TPSA) is 0 Å². The average Bonchev–Trinajstić information content (AvgIpc) is 2.31. The van der Waals surface area contributed by atoms with Crippen molar-refractivity contribution in [1.82, 2.24) is 0 Å². The second-order valence-corrected chi connectivity index (χ2v) is 10.1. The Morgan fingerprint density at radius 2 is 1.06 bits per heavy atom. The summed E-state index contributed by atoms with van der Waals surface area (Å²) >= 11 is 0. The number of rotatable bonds is 3. The Bertz CT molecular complexity index is 170. The highest BCUT2D eigenvalue weighted by Crippen LogP contribution is 2.45. The fraction of sp³-hybridized carbons (Fsp3) is 1.00. The van der Waals surface area contributed by atoms with Crippen LogP contribution in [0.2, 0.25) is 16.6 Å². The molecule has 0 aromatic carbocycles. The molecule has 2 aliphatic carbocycles. The van der Waals surface area contributed by atoms with Crippen LogP contribution in [0.25, 0.3) is 0 Å². The van der Waals surface area contributed by atoms with Gasteiger partial charge in [0.1, 0.15) is 0 Å². The van der Waals surface area contributed by atoms with E-state index in [0.29, 0.717) is 0 Å². The molecule has 0 N–H and O–H groups in total. The maximum absolute atomic E-state index is 2.53. The van der Waals surface area contributed by atoms with Gasteiger partial charge in [0.2, 0.25) is 0 Å². The molecule has 2 saturated carbocycles. The van der Waals surface area contributed by atoms with E-state index in [-0.39, 0.29) is 8.80 Å². The molecular formula is C15H29Si. The van der Waals surface area contributed by atoms with E-state index in [1.807, 2.05) is 0 Å². The molecule has 0 aliphatic heterocycles. The first-order valence-electron chi connectivity index (χ1n) is 7.65. The lowest BCUT2D eigenvalue weighted by molar-refractivity contribution is 0.456. The van der Waals surface area contributed by atoms with Gasteiger partial charge in [-0.1, -0.05) is 83.6 Å². The summed E-state index contributed by atoms with van der Waals surface area (Å²) in [6, 6.07) is 0. The van der Waals surface area contributed by atoms with Crippen molar-refractivity contribution >= 4 is 8.80 Å². The first kappa shape index (κ1) is 12.7. The molecule has 16 heavy (non-hydrogen) atoms. The monoisotopic (exact) mass is 237 g/mol. The van der Waals surface area contributed by atoms with Crippen LogP contribution in [-0.2, 0) is 0 Å². The Labute approximate surface area is 104 Å². The first-order chi connectivity index (χ1) is 7.79. The molecule has 0 aromatic heterocycles. The van der Waals surface area contributed by atoms with Crippen LogP contribution >= 0.6 is 0 Å². The van der Waals surface area contributed by atoms with E-state index in [2.05, 4.69) is 13.8 Å². The molecule has 2 aliphatic rings. The van der Waals surface area contributed by atoms with Gasteiger partial charge in [-0.3, -0.25) is 0 Å². The van der Waals surface area contributed by atoms with E-state index < -0.39 is 0 Å². The van der Waals surface area contributed by atoms with Gasteiger partial charge in [0.05, 0.1) is 8.80 Å². The summed E-state index contributed by atoms with van der Waals surface area (Å²) in [5, 5.41) is 0. The molecule has 0 aromatic rings. The molecule has 1 heteroatoms. The number of hydrogen-bond donors (Lipinski definition) is 0. The summed E-state index contributed by atoms with van der Waals surface area (Å²) in [5.41, 5.74) is 3.39. The molecule has 2 rings (SSSR count). The van der Waals surface area contributed by atoms with Gasteiger partial charge in [0.25, 0.3) is 0 Å². The minimum atomic E-state index is -0.0629. The second-order valence-electron chi connectivity index (χ2n) is 6.32. The fourth-order valence-electron chi connectivity index (χ4n) is 4.15. The van der Waals surface area contributed by atoms with E-state index in [1.54, 1.807) is 25.7 Å². The molecule has 0 heterocycles. The molecule has 0 bridgehead atoms. The van der Waals surface area contributed by atoms with Gasteiger partial charge in [-0.2, -0.15) is 0 Å². The Morgan fingerprint density at radius 1 is 0.688 bits per heavy atom. The van der Waals surface area contributed by atoms with Crippen LogP contribution in [0.15, 0.2) is 0 Å². The van der Waals surface area contributed by atoms with Gasteiger partial charge in [0.15, 0.2) is 0 Å². The lowest BCUT2D eigenvalue weighted by Crippen LogP contribution is -2.32. The second kappa shape index (κ2) is 6.23. The van der Waals surface area contributed by atoms with Gasteiger partial charge in [0, 0.05) is 0 Å². The van der Waals surface area contributed by atoms with Gasteiger partial charge in [-0.05, 0) is 11.1 Å². The third-order valence-electron chi connectivity index (χ3n) is 4.82. The molecule has 2 fully saturated rings. The lowest BCUT2D eigenvalue weighted by atomic mass is 9.99. The van der Waals surface area contributed by atoms with Crippen LogP contribution in [0.4, 0.5) is 0 Å². The van der Waals surface area contributed by atoms with E-state index in [0.717, 1.165) is 5.54 Å². The average molecular weight is 237 g/mol. The van der Waals surface area contributed by atoms with Crippen LogP contribution in [-0.4, -0.2) is 8.80 Å². The Hall–Kier alpha value is 0.217. The molecule has 0 unspecified atom stereocenters. The maximum atomic E-state index is 2.53. The lowest BCUT2D eigenvalue weighted by Gasteiger charge is -2.39. The molecule has 0 atom stereocenters. The van der Waals surface area contributed by atoms with Crippen molar-refractivity contribution in [3.63, 3.8) is 0 Å². The summed E-state index contributed by atoms with van der Waals surface area (Å²) < 4.78 is 0. The minimum absolute atomic E-state index is 0.0629. The Balaban J connectivity index is 1.96. The van der Waals surface area contributed by atoms with Crippen molar-refractivity contribution in [3.05, 3.63) is 0 Å². The van der Waals surface area contributed by atoms with E-state index >= 15 is 0 Å². The zero-order chi connectivity index (χ0) is 11.4. The van der Waals surface area contributed by atoms with E-state index in [4.69, 9.17) is 0 Å². The van der Waals surface area contributed by atoms with Crippen LogP contribution < -0.4 is 0 Å². The van der Waals surface area contributed by atoms with Gasteiger partial charge >= 0.3 is 0 Å². The maximum Gasteiger partial charge on any atom is 0.0573 e. The molecule has 0 nitrogen and oxygen atoms in total. The standard InChI is InChI=1S/C15H29Si/c1-13(2)16(14-9-5-3-6-10-14)15-11-7-4-8-12-15/h13-15H,3-12H2,1-2H3. The molecule has 93 valence electrons. The van der Waals surface area contributed by atoms with Crippen LogP contribution in [0.5, 0.6) is 0 Å². The van der Waals surface area contributed by atoms with Gasteiger partial charge < -0.3 is 0 Å². The Morgan fingerprint density at radius 3 is 1.38 bits per heavy atom. The molecule has 0 saturated heterocycles. The highest BCUT2D eigenvalue weighted by atomic mass is 28.3. The zero-order valence-electron chi connectivity index (χ0n) is 11.3. The summed E-state index contributed by atoms with van der Waals surface area (Å²) in [6.07, 6.45) is 15.5. The highest BCUT2D eigenvalue weighted by Gasteiger charge is 2.34. The summed E-state index contributed by atoms with van der Waals surface area (Å²) in [7, 11) is -0.0629. The van der Waals surface area contributed by atoms with Crippen molar-refractivity contribution in [2.75, 3.05) is 0 Å². The minimum Gasteiger partial charge on any atom is -0.0653 e. The van der Waals surface area contributed by atoms with Crippen molar-refractivity contribution in [1.29, 1.82) is 0 Å². The molecule has 0 spiro atoms. The summed E-state index contributed by atoms with van der Waals surface area (Å²) in [4.78, 5) is 0. The predicted octanol–water partition coefficient (Wildman–Crippen LogP) is 5.56. The van der Waals surface area contributed by atoms with Gasteiger partial charge in [-0.15, -0.1) is 0 Å². The zero-order valence-corrected chi connectivity index (χ0v) is 12.3.